The number of rotatable bonds is 10. The molecule has 1 fully saturated rings. The number of nitrogens with zero attached hydrogens (tertiary/aromatic N) is 6. The quantitative estimate of drug-likeness (QED) is 0.120. The molecule has 3 aromatic heterocycles. The monoisotopic (exact) mass is 613 g/mol. The zero-order valence-electron chi connectivity index (χ0n) is 23.8. The lowest BCUT2D eigenvalue weighted by molar-refractivity contribution is -0.125. The van der Waals surface area contributed by atoms with E-state index in [0.29, 0.717) is 23.5 Å². The summed E-state index contributed by atoms with van der Waals surface area (Å²) in [7, 11) is 0. The lowest BCUT2D eigenvalue weighted by Crippen LogP contribution is -2.44. The molecule has 1 saturated carbocycles. The number of fused-ring (bicyclic) bond motifs is 1. The number of hydrogen-bond acceptors (Lipinski definition) is 10. The first-order chi connectivity index (χ1) is 21.8. The van der Waals surface area contributed by atoms with Gasteiger partial charge in [-0.3, -0.25) is 10.1 Å². The van der Waals surface area contributed by atoms with Crippen molar-refractivity contribution in [1.29, 1.82) is 0 Å². The van der Waals surface area contributed by atoms with Gasteiger partial charge in [0.2, 0.25) is 5.91 Å². The number of carbonyl (C=O) groups excluding carboxylic acids is 1. The number of benzene rings is 2. The van der Waals surface area contributed by atoms with Crippen molar-refractivity contribution >= 4 is 34.7 Å². The number of hydrogen-bond donors (Lipinski definition) is 7. The maximum Gasteiger partial charge on any atom is 0.409 e. The average molecular weight is 614 g/mol. The molecule has 6 rings (SSSR count). The molecule has 0 unspecified atom stereocenters. The van der Waals surface area contributed by atoms with E-state index in [1.807, 2.05) is 36.4 Å². The minimum atomic E-state index is -1.30. The van der Waals surface area contributed by atoms with Crippen molar-refractivity contribution in [1.82, 2.24) is 34.6 Å². The van der Waals surface area contributed by atoms with Crippen LogP contribution in [0.25, 0.3) is 17.1 Å². The Balaban J connectivity index is 1.40. The molecule has 0 radical (unpaired) electrons. The summed E-state index contributed by atoms with van der Waals surface area (Å²) < 4.78 is 2.92. The molecular weight excluding hydrogens is 582 g/mol. The molecule has 0 spiro atoms. The van der Waals surface area contributed by atoms with Crippen molar-refractivity contribution in [3.63, 3.8) is 0 Å². The topological polar surface area (TPSA) is 213 Å². The van der Waals surface area contributed by atoms with Crippen LogP contribution < -0.4 is 16.0 Å². The highest BCUT2D eigenvalue weighted by atomic mass is 16.4. The van der Waals surface area contributed by atoms with Gasteiger partial charge in [0.15, 0.2) is 17.0 Å². The van der Waals surface area contributed by atoms with E-state index in [2.05, 4.69) is 55.3 Å². The standard InChI is InChI=1S/C30H31N9O6/c40-15-23(41)35-21-11-22(26(43)25(21)42)38-16-32-24-27(36-29(37-28(24)38)39-14-19(12-33-39)34-30(44)45)31-13-20(17-7-3-1-4-8-17)18-9-5-2-6-10-18/h1-10,12,14,16,20-22,25-26,34,40,42-43H,11,13,15H2,(H,35,41)(H,44,45)(H,31,36,37)/t21-,22+,25+,26-/m0/s1. The number of aliphatic hydroxyl groups excluding tert-OH is 3. The Kier molecular flexibility index (Phi) is 8.37. The fraction of sp³-hybridized carbons (Fsp3) is 0.267. The number of nitrogens with one attached hydrogen (secondary N) is 3. The fourth-order valence-electron chi connectivity index (χ4n) is 5.67. The lowest BCUT2D eigenvalue weighted by Gasteiger charge is -2.20. The van der Waals surface area contributed by atoms with Crippen LogP contribution in [-0.2, 0) is 4.79 Å². The van der Waals surface area contributed by atoms with Gasteiger partial charge < -0.3 is 35.6 Å². The maximum atomic E-state index is 11.8. The van der Waals surface area contributed by atoms with E-state index in [9.17, 15) is 19.8 Å². The minimum Gasteiger partial charge on any atom is -0.465 e. The normalized spacial score (nSPS) is 19.6. The van der Waals surface area contributed by atoms with Crippen LogP contribution in [0.3, 0.4) is 0 Å². The SMILES string of the molecule is O=C(O)Nc1cnn(-c2nc(NCC(c3ccccc3)c3ccccc3)c3ncn([C@@H]4C[C@H](NC(=O)CO)[C@@H](O)[C@H]4O)c3n2)c1. The van der Waals surface area contributed by atoms with E-state index < -0.39 is 42.9 Å². The second-order valence-electron chi connectivity index (χ2n) is 10.7. The van der Waals surface area contributed by atoms with Gasteiger partial charge in [-0.25, -0.2) is 14.5 Å². The van der Waals surface area contributed by atoms with Gasteiger partial charge in [-0.2, -0.15) is 15.1 Å². The molecule has 232 valence electrons. The molecule has 0 aliphatic heterocycles. The largest absolute Gasteiger partial charge is 0.465 e. The Morgan fingerprint density at radius 3 is 2.31 bits per heavy atom. The summed E-state index contributed by atoms with van der Waals surface area (Å²) in [6.07, 6.45) is 0.533. The number of anilines is 2. The van der Waals surface area contributed by atoms with E-state index in [1.165, 1.54) is 23.4 Å². The number of carbonyl (C=O) groups is 2. The average Bonchev–Trinajstić information content (AvgIpc) is 3.76. The second-order valence-corrected chi connectivity index (χ2v) is 10.7. The van der Waals surface area contributed by atoms with Crippen molar-refractivity contribution < 1.29 is 30.0 Å². The second kappa shape index (κ2) is 12.7. The molecule has 1 aliphatic carbocycles. The van der Waals surface area contributed by atoms with Crippen LogP contribution in [0.1, 0.15) is 29.5 Å². The Bertz CT molecular complexity index is 1760. The van der Waals surface area contributed by atoms with Gasteiger partial charge in [-0.1, -0.05) is 60.7 Å². The summed E-state index contributed by atoms with van der Waals surface area (Å²) in [5, 5.41) is 52.3. The highest BCUT2D eigenvalue weighted by molar-refractivity contribution is 5.84. The predicted molar refractivity (Wildman–Crippen MR) is 162 cm³/mol. The Morgan fingerprint density at radius 2 is 1.67 bits per heavy atom. The van der Waals surface area contributed by atoms with Gasteiger partial charge >= 0.3 is 6.09 Å². The molecule has 4 atom stereocenters. The summed E-state index contributed by atoms with van der Waals surface area (Å²) in [6.45, 7) is -0.323. The van der Waals surface area contributed by atoms with E-state index in [4.69, 9.17) is 15.2 Å². The van der Waals surface area contributed by atoms with Gasteiger partial charge in [0.25, 0.3) is 5.95 Å². The highest BCUT2D eigenvalue weighted by Crippen LogP contribution is 2.35. The van der Waals surface area contributed by atoms with Gasteiger partial charge in [-0.05, 0) is 17.5 Å². The molecule has 7 N–H and O–H groups in total. The first-order valence-electron chi connectivity index (χ1n) is 14.2. The summed E-state index contributed by atoms with van der Waals surface area (Å²) in [6, 6.07) is 18.5. The summed E-state index contributed by atoms with van der Waals surface area (Å²) >= 11 is 0. The number of amides is 2. The Labute approximate surface area is 256 Å². The van der Waals surface area contributed by atoms with Crippen molar-refractivity contribution in [3.05, 3.63) is 90.5 Å². The van der Waals surface area contributed by atoms with E-state index in [1.54, 1.807) is 4.57 Å². The van der Waals surface area contributed by atoms with Crippen LogP contribution in [-0.4, -0.2) is 93.1 Å². The molecular formula is C30H31N9O6. The molecule has 0 bridgehead atoms. The maximum absolute atomic E-state index is 11.8. The van der Waals surface area contributed by atoms with Crippen LogP contribution in [0, 0.1) is 0 Å². The van der Waals surface area contributed by atoms with Crippen molar-refractivity contribution in [3.8, 4) is 5.95 Å². The molecule has 15 heteroatoms. The molecule has 0 saturated heterocycles. The van der Waals surface area contributed by atoms with E-state index in [-0.39, 0.29) is 24.0 Å². The van der Waals surface area contributed by atoms with Crippen LogP contribution >= 0.6 is 0 Å². The van der Waals surface area contributed by atoms with E-state index in [0.717, 1.165) is 11.1 Å². The fourth-order valence-corrected chi connectivity index (χ4v) is 5.67. The molecule has 2 amide bonds. The lowest BCUT2D eigenvalue weighted by atomic mass is 9.91. The van der Waals surface area contributed by atoms with Crippen LogP contribution in [0.5, 0.6) is 0 Å². The number of aliphatic hydroxyl groups is 3. The third kappa shape index (κ3) is 6.17. The molecule has 5 aromatic rings. The molecule has 1 aliphatic rings. The molecule has 2 aromatic carbocycles. The van der Waals surface area contributed by atoms with Crippen molar-refractivity contribution in [2.75, 3.05) is 23.8 Å². The first-order valence-corrected chi connectivity index (χ1v) is 14.2. The smallest absolute Gasteiger partial charge is 0.409 e. The predicted octanol–water partition coefficient (Wildman–Crippen LogP) is 1.49. The van der Waals surface area contributed by atoms with Crippen molar-refractivity contribution in [2.24, 2.45) is 0 Å². The van der Waals surface area contributed by atoms with Gasteiger partial charge in [0.05, 0.1) is 36.5 Å². The summed E-state index contributed by atoms with van der Waals surface area (Å²) in [5.74, 6) is -0.262. The Hall–Kier alpha value is -5.38. The zero-order valence-corrected chi connectivity index (χ0v) is 23.8. The number of imidazole rings is 1. The van der Waals surface area contributed by atoms with Gasteiger partial charge in [0, 0.05) is 12.5 Å². The highest BCUT2D eigenvalue weighted by Gasteiger charge is 2.44. The van der Waals surface area contributed by atoms with Crippen molar-refractivity contribution in [2.45, 2.75) is 36.6 Å². The summed E-state index contributed by atoms with van der Waals surface area (Å²) in [4.78, 5) is 36.9. The molecule has 3 heterocycles. The first kappa shape index (κ1) is 29.7. The third-order valence-electron chi connectivity index (χ3n) is 7.83. The minimum absolute atomic E-state index is 0.0540. The van der Waals surface area contributed by atoms with Gasteiger partial charge in [-0.15, -0.1) is 0 Å². The van der Waals surface area contributed by atoms with E-state index >= 15 is 0 Å². The number of carboxylic acid groups (broad SMARTS) is 1. The van der Waals surface area contributed by atoms with Crippen LogP contribution in [0.15, 0.2) is 79.4 Å². The van der Waals surface area contributed by atoms with Crippen LogP contribution in [0.4, 0.5) is 16.3 Å². The molecule has 15 nitrogen and oxygen atoms in total. The van der Waals surface area contributed by atoms with Crippen LogP contribution in [0.2, 0.25) is 0 Å². The van der Waals surface area contributed by atoms with Gasteiger partial charge in [0.1, 0.15) is 18.8 Å². The zero-order chi connectivity index (χ0) is 31.5. The third-order valence-corrected chi connectivity index (χ3v) is 7.83. The summed E-state index contributed by atoms with van der Waals surface area (Å²) in [5.41, 5.74) is 3.08. The molecule has 45 heavy (non-hydrogen) atoms. The number of aromatic nitrogens is 6. The Morgan fingerprint density at radius 1 is 0.978 bits per heavy atom.